The summed E-state index contributed by atoms with van der Waals surface area (Å²) in [6.07, 6.45) is 1.95. The minimum Gasteiger partial charge on any atom is -0.490 e. The predicted molar refractivity (Wildman–Crippen MR) is 170 cm³/mol. The number of alkyl carbamates (subject to hydrolysis) is 1. The number of benzene rings is 2. The molecule has 11 nitrogen and oxygen atoms in total. The Kier molecular flexibility index (Phi) is 11.4. The molecule has 0 spiro atoms. The number of esters is 1. The van der Waals surface area contributed by atoms with Crippen molar-refractivity contribution in [2.24, 2.45) is 0 Å². The number of aromatic nitrogens is 1. The van der Waals surface area contributed by atoms with Crippen molar-refractivity contribution >= 4 is 35.0 Å². The van der Waals surface area contributed by atoms with Crippen molar-refractivity contribution in [3.05, 3.63) is 78.5 Å². The standard InChI is InChI=1S/C34H43N3O8/c1-9-18-43-24-16-14-22(15-17-24)19-26(36-31(40)44-33(2,3)4)29(38)35-27(30(39)42-8)20-23-21-37(32(41)45-34(5,6)7)28-13-11-10-12-25(23)28/h9-17,21,26-27H,1,18-20H2,2-8H3,(H,35,38)(H,36,40)/t26-,27-/m0/s1. The normalized spacial score (nSPS) is 12.9. The number of rotatable bonds is 11. The van der Waals surface area contributed by atoms with Gasteiger partial charge in [0, 0.05) is 24.4 Å². The van der Waals surface area contributed by atoms with Crippen LogP contribution < -0.4 is 15.4 Å². The Morgan fingerprint density at radius 2 is 1.51 bits per heavy atom. The third-order valence-electron chi connectivity index (χ3n) is 6.35. The number of hydrogen-bond acceptors (Lipinski definition) is 8. The second-order valence-electron chi connectivity index (χ2n) is 12.5. The largest absolute Gasteiger partial charge is 0.490 e. The van der Waals surface area contributed by atoms with E-state index in [1.807, 2.05) is 12.1 Å². The molecule has 2 N–H and O–H groups in total. The van der Waals surface area contributed by atoms with Crippen LogP contribution in [-0.2, 0) is 36.6 Å². The number of nitrogens with one attached hydrogen (secondary N) is 2. The third kappa shape index (κ3) is 10.4. The van der Waals surface area contributed by atoms with Gasteiger partial charge in [0.1, 0.15) is 35.6 Å². The molecule has 0 aliphatic heterocycles. The molecule has 1 aromatic heterocycles. The van der Waals surface area contributed by atoms with Crippen molar-refractivity contribution in [2.45, 2.75) is 77.7 Å². The fourth-order valence-corrected chi connectivity index (χ4v) is 4.47. The molecule has 3 aromatic rings. The van der Waals surface area contributed by atoms with E-state index in [1.165, 1.54) is 11.7 Å². The highest BCUT2D eigenvalue weighted by Gasteiger charge is 2.31. The number of carbonyl (C=O) groups excluding carboxylic acids is 4. The van der Waals surface area contributed by atoms with Crippen molar-refractivity contribution in [3.63, 3.8) is 0 Å². The second-order valence-corrected chi connectivity index (χ2v) is 12.5. The number of para-hydroxylation sites is 1. The van der Waals surface area contributed by atoms with Crippen LogP contribution in [0.2, 0.25) is 0 Å². The van der Waals surface area contributed by atoms with E-state index >= 15 is 0 Å². The SMILES string of the molecule is C=CCOc1ccc(C[C@H](NC(=O)OC(C)(C)C)C(=O)N[C@@H](Cc2cn(C(=O)OC(C)(C)C)c3ccccc23)C(=O)OC)cc1. The molecule has 1 heterocycles. The van der Waals surface area contributed by atoms with Gasteiger partial charge >= 0.3 is 18.2 Å². The molecule has 242 valence electrons. The monoisotopic (exact) mass is 621 g/mol. The zero-order chi connectivity index (χ0) is 33.4. The van der Waals surface area contributed by atoms with Gasteiger partial charge in [-0.25, -0.2) is 14.4 Å². The van der Waals surface area contributed by atoms with Gasteiger partial charge in [0.15, 0.2) is 0 Å². The minimum absolute atomic E-state index is 0.00320. The number of methoxy groups -OCH3 is 1. The zero-order valence-corrected chi connectivity index (χ0v) is 27.0. The van der Waals surface area contributed by atoms with Crippen LogP contribution in [-0.4, -0.2) is 65.6 Å². The van der Waals surface area contributed by atoms with Crippen molar-refractivity contribution < 1.29 is 38.1 Å². The van der Waals surface area contributed by atoms with Gasteiger partial charge in [-0.05, 0) is 70.9 Å². The minimum atomic E-state index is -1.14. The Morgan fingerprint density at radius 1 is 0.867 bits per heavy atom. The Morgan fingerprint density at radius 3 is 2.11 bits per heavy atom. The summed E-state index contributed by atoms with van der Waals surface area (Å²) >= 11 is 0. The number of carbonyl (C=O) groups is 4. The van der Waals surface area contributed by atoms with E-state index in [0.717, 1.165) is 5.56 Å². The van der Waals surface area contributed by atoms with Crippen LogP contribution in [0.15, 0.2) is 67.4 Å². The summed E-state index contributed by atoms with van der Waals surface area (Å²) < 4.78 is 22.9. The first-order valence-corrected chi connectivity index (χ1v) is 14.6. The summed E-state index contributed by atoms with van der Waals surface area (Å²) in [5.74, 6) is -0.702. The first-order valence-electron chi connectivity index (χ1n) is 14.6. The lowest BCUT2D eigenvalue weighted by Crippen LogP contribution is -2.53. The summed E-state index contributed by atoms with van der Waals surface area (Å²) in [6.45, 7) is 14.4. The molecule has 0 aliphatic carbocycles. The van der Waals surface area contributed by atoms with Crippen LogP contribution in [0, 0.1) is 0 Å². The van der Waals surface area contributed by atoms with E-state index in [9.17, 15) is 19.2 Å². The fourth-order valence-electron chi connectivity index (χ4n) is 4.47. The summed E-state index contributed by atoms with van der Waals surface area (Å²) in [6, 6.07) is 12.0. The van der Waals surface area contributed by atoms with Gasteiger partial charge in [-0.2, -0.15) is 0 Å². The molecule has 45 heavy (non-hydrogen) atoms. The quantitative estimate of drug-likeness (QED) is 0.167. The Labute approximate surface area is 263 Å². The highest BCUT2D eigenvalue weighted by molar-refractivity contribution is 5.94. The maximum atomic E-state index is 13.7. The molecule has 11 heteroatoms. The van der Waals surface area contributed by atoms with E-state index < -0.39 is 47.3 Å². The number of hydrogen-bond donors (Lipinski definition) is 2. The number of nitrogens with zero attached hydrogens (tertiary/aromatic N) is 1. The molecule has 0 radical (unpaired) electrons. The second kappa shape index (κ2) is 14.8. The molecule has 0 aliphatic rings. The summed E-state index contributed by atoms with van der Waals surface area (Å²) in [5.41, 5.74) is 0.402. The third-order valence-corrected chi connectivity index (χ3v) is 6.35. The van der Waals surface area contributed by atoms with Gasteiger partial charge in [0.05, 0.1) is 12.6 Å². The zero-order valence-electron chi connectivity index (χ0n) is 27.0. The van der Waals surface area contributed by atoms with Crippen LogP contribution in [0.5, 0.6) is 5.75 Å². The van der Waals surface area contributed by atoms with Gasteiger partial charge in [-0.1, -0.05) is 43.0 Å². The molecule has 0 unspecified atom stereocenters. The van der Waals surface area contributed by atoms with Crippen LogP contribution in [0.25, 0.3) is 10.9 Å². The van der Waals surface area contributed by atoms with E-state index in [0.29, 0.717) is 28.8 Å². The lowest BCUT2D eigenvalue weighted by Gasteiger charge is -2.25. The Bertz CT molecular complexity index is 1510. The van der Waals surface area contributed by atoms with Crippen molar-refractivity contribution in [1.82, 2.24) is 15.2 Å². The molecule has 0 saturated carbocycles. The van der Waals surface area contributed by atoms with E-state index in [2.05, 4.69) is 17.2 Å². The van der Waals surface area contributed by atoms with Gasteiger partial charge in [-0.15, -0.1) is 0 Å². The molecule has 3 rings (SSSR count). The summed E-state index contributed by atoms with van der Waals surface area (Å²) in [5, 5.41) is 6.08. The maximum absolute atomic E-state index is 13.7. The van der Waals surface area contributed by atoms with Gasteiger partial charge in [0.2, 0.25) is 5.91 Å². The Hall–Kier alpha value is -4.80. The lowest BCUT2D eigenvalue weighted by atomic mass is 10.0. The highest BCUT2D eigenvalue weighted by Crippen LogP contribution is 2.24. The molecule has 0 fully saturated rings. The van der Waals surface area contributed by atoms with Crippen LogP contribution in [0.1, 0.15) is 52.7 Å². The van der Waals surface area contributed by atoms with Crippen LogP contribution in [0.3, 0.4) is 0 Å². The smallest absolute Gasteiger partial charge is 0.419 e. The molecule has 2 amide bonds. The van der Waals surface area contributed by atoms with Crippen LogP contribution in [0.4, 0.5) is 9.59 Å². The topological polar surface area (TPSA) is 134 Å². The maximum Gasteiger partial charge on any atom is 0.419 e. The number of amides is 2. The molecular formula is C34H43N3O8. The number of ether oxygens (including phenoxy) is 4. The molecule has 2 aromatic carbocycles. The van der Waals surface area contributed by atoms with Crippen molar-refractivity contribution in [2.75, 3.05) is 13.7 Å². The van der Waals surface area contributed by atoms with Crippen molar-refractivity contribution in [3.8, 4) is 5.75 Å². The lowest BCUT2D eigenvalue weighted by molar-refractivity contribution is -0.145. The summed E-state index contributed by atoms with van der Waals surface area (Å²) in [7, 11) is 1.22. The molecule has 0 bridgehead atoms. The fraction of sp³-hybridized carbons (Fsp3) is 0.412. The average molecular weight is 622 g/mol. The predicted octanol–water partition coefficient (Wildman–Crippen LogP) is 5.33. The van der Waals surface area contributed by atoms with Crippen LogP contribution >= 0.6 is 0 Å². The van der Waals surface area contributed by atoms with E-state index in [4.69, 9.17) is 18.9 Å². The summed E-state index contributed by atoms with van der Waals surface area (Å²) in [4.78, 5) is 52.4. The number of fused-ring (bicyclic) bond motifs is 1. The van der Waals surface area contributed by atoms with E-state index in [1.54, 1.807) is 90.2 Å². The van der Waals surface area contributed by atoms with Gasteiger partial charge in [-0.3, -0.25) is 9.36 Å². The molecule has 0 saturated heterocycles. The first-order chi connectivity index (χ1) is 21.1. The van der Waals surface area contributed by atoms with Crippen molar-refractivity contribution in [1.29, 1.82) is 0 Å². The van der Waals surface area contributed by atoms with Gasteiger partial charge < -0.3 is 29.6 Å². The molecule has 2 atom stereocenters. The van der Waals surface area contributed by atoms with Gasteiger partial charge in [0.25, 0.3) is 0 Å². The highest BCUT2D eigenvalue weighted by atomic mass is 16.6. The molecular weight excluding hydrogens is 578 g/mol. The average Bonchev–Trinajstić information content (AvgIpc) is 3.32. The Balaban J connectivity index is 1.89. The van der Waals surface area contributed by atoms with E-state index in [-0.39, 0.29) is 12.8 Å². The first kappa shape index (κ1) is 34.7.